The van der Waals surface area contributed by atoms with Crippen LogP contribution in [0.3, 0.4) is 0 Å². The Hall–Kier alpha value is -1.51. The maximum absolute atomic E-state index is 14.7. The summed E-state index contributed by atoms with van der Waals surface area (Å²) in [5.74, 6) is 0.145. The van der Waals surface area contributed by atoms with Gasteiger partial charge in [-0.3, -0.25) is 4.79 Å². The van der Waals surface area contributed by atoms with E-state index in [9.17, 15) is 9.18 Å². The van der Waals surface area contributed by atoms with Gasteiger partial charge in [-0.05, 0) is 55.2 Å². The zero-order chi connectivity index (χ0) is 21.2. The fourth-order valence-corrected chi connectivity index (χ4v) is 6.04. The summed E-state index contributed by atoms with van der Waals surface area (Å²) < 4.78 is 25.8. The largest absolute Gasteiger partial charge is 0.381 e. The molecular weight excluding hydrogens is 469 g/mol. The van der Waals surface area contributed by atoms with Crippen LogP contribution in [0.1, 0.15) is 42.1 Å². The third-order valence-electron chi connectivity index (χ3n) is 7.27. The van der Waals surface area contributed by atoms with Crippen molar-refractivity contribution in [2.24, 2.45) is 7.05 Å². The number of carbonyl (C=O) groups excluding carboxylic acids is 1. The van der Waals surface area contributed by atoms with E-state index in [1.807, 2.05) is 29.6 Å². The molecule has 0 unspecified atom stereocenters. The molecule has 0 radical (unpaired) electrons. The van der Waals surface area contributed by atoms with E-state index >= 15 is 0 Å². The Kier molecular flexibility index (Phi) is 4.95. The van der Waals surface area contributed by atoms with Crippen molar-refractivity contribution < 1.29 is 13.9 Å². The maximum atomic E-state index is 14.7. The maximum Gasteiger partial charge on any atom is 0.228 e. The molecule has 0 spiro atoms. The van der Waals surface area contributed by atoms with E-state index < -0.39 is 0 Å². The van der Waals surface area contributed by atoms with Gasteiger partial charge in [0, 0.05) is 67.1 Å². The molecule has 5 rings (SSSR count). The molecule has 2 fully saturated rings. The predicted molar refractivity (Wildman–Crippen MR) is 118 cm³/mol. The first-order chi connectivity index (χ1) is 14.3. The molecule has 1 amide bonds. The molecule has 0 bridgehead atoms. The number of hydrogen-bond acceptors (Lipinski definition) is 3. The molecular formula is C22H25BrFN3O2S. The Balaban J connectivity index is 1.44. The molecule has 1 saturated heterocycles. The van der Waals surface area contributed by atoms with Gasteiger partial charge < -0.3 is 18.8 Å². The second kappa shape index (κ2) is 7.28. The number of fused-ring (bicyclic) bond motifs is 3. The van der Waals surface area contributed by atoms with Crippen molar-refractivity contribution in [3.63, 3.8) is 0 Å². The van der Waals surface area contributed by atoms with Crippen molar-refractivity contribution in [2.45, 2.75) is 49.6 Å². The highest BCUT2D eigenvalue weighted by Crippen LogP contribution is 2.66. The highest BCUT2D eigenvalue weighted by atomic mass is 79.9. The van der Waals surface area contributed by atoms with Crippen LogP contribution in [0.4, 0.5) is 4.39 Å². The van der Waals surface area contributed by atoms with Crippen molar-refractivity contribution in [3.05, 3.63) is 50.2 Å². The molecule has 8 heteroatoms. The lowest BCUT2D eigenvalue weighted by molar-refractivity contribution is -0.133. The minimum absolute atomic E-state index is 0.104. The van der Waals surface area contributed by atoms with Crippen LogP contribution in [0.5, 0.6) is 0 Å². The van der Waals surface area contributed by atoms with Crippen LogP contribution in [0, 0.1) is 10.6 Å². The SMILES string of the molecule is CN(C(=O)Cc1c2n(c(=S)n1C)C[C@@]1(c3cc(Br)ccc3F)C[C@@H]21)C1CCOCC1. The van der Waals surface area contributed by atoms with Crippen LogP contribution in [0.25, 0.3) is 0 Å². The van der Waals surface area contributed by atoms with Crippen LogP contribution in [0.15, 0.2) is 22.7 Å². The Morgan fingerprint density at radius 3 is 2.87 bits per heavy atom. The van der Waals surface area contributed by atoms with Gasteiger partial charge in [0.2, 0.25) is 5.91 Å². The Morgan fingerprint density at radius 1 is 1.40 bits per heavy atom. The zero-order valence-corrected chi connectivity index (χ0v) is 19.6. The van der Waals surface area contributed by atoms with E-state index in [1.165, 1.54) is 6.07 Å². The van der Waals surface area contributed by atoms with Gasteiger partial charge in [-0.15, -0.1) is 0 Å². The number of likely N-dealkylation sites (N-methyl/N-ethyl adjacent to an activating group) is 1. The topological polar surface area (TPSA) is 39.4 Å². The van der Waals surface area contributed by atoms with Gasteiger partial charge in [0.05, 0.1) is 6.42 Å². The van der Waals surface area contributed by atoms with E-state index in [-0.39, 0.29) is 29.1 Å². The van der Waals surface area contributed by atoms with Gasteiger partial charge in [-0.25, -0.2) is 4.39 Å². The minimum Gasteiger partial charge on any atom is -0.381 e. The molecule has 1 aromatic carbocycles. The lowest BCUT2D eigenvalue weighted by Gasteiger charge is -2.31. The monoisotopic (exact) mass is 493 g/mol. The molecule has 3 heterocycles. The van der Waals surface area contributed by atoms with Crippen molar-refractivity contribution in [2.75, 3.05) is 20.3 Å². The van der Waals surface area contributed by atoms with Gasteiger partial charge in [0.15, 0.2) is 4.77 Å². The fourth-order valence-electron chi connectivity index (χ4n) is 5.40. The summed E-state index contributed by atoms with van der Waals surface area (Å²) in [6.45, 7) is 2.09. The van der Waals surface area contributed by atoms with Gasteiger partial charge in [0.1, 0.15) is 5.82 Å². The fraction of sp³-hybridized carbons (Fsp3) is 0.545. The molecule has 2 aromatic rings. The molecule has 5 nitrogen and oxygen atoms in total. The van der Waals surface area contributed by atoms with E-state index in [1.54, 1.807) is 6.07 Å². The summed E-state index contributed by atoms with van der Waals surface area (Å²) in [4.78, 5) is 15.0. The zero-order valence-electron chi connectivity index (χ0n) is 17.2. The average molecular weight is 494 g/mol. The number of nitrogens with zero attached hydrogens (tertiary/aromatic N) is 3. The van der Waals surface area contributed by atoms with Crippen molar-refractivity contribution in [1.29, 1.82) is 0 Å². The summed E-state index contributed by atoms with van der Waals surface area (Å²) in [7, 11) is 3.83. The number of benzene rings is 1. The average Bonchev–Trinajstić information content (AvgIpc) is 3.31. The van der Waals surface area contributed by atoms with Crippen LogP contribution in [-0.2, 0) is 35.0 Å². The highest BCUT2D eigenvalue weighted by molar-refractivity contribution is 9.10. The van der Waals surface area contributed by atoms with Crippen LogP contribution < -0.4 is 0 Å². The normalized spacial score (nSPS) is 25.1. The molecule has 30 heavy (non-hydrogen) atoms. The Labute approximate surface area is 188 Å². The second-order valence-electron chi connectivity index (χ2n) is 8.82. The minimum atomic E-state index is -0.241. The standard InChI is InChI=1S/C22H25BrFN3O2S/c1-25(14-5-7-29-8-6-14)19(28)10-18-20-16-11-22(16,12-27(20)21(30)26(18)2)15-9-13(23)3-4-17(15)24/h3-4,9,14,16H,5-8,10-12H2,1-2H3/t16-,22+/m0/s1. The van der Waals surface area contributed by atoms with Crippen molar-refractivity contribution in [3.8, 4) is 0 Å². The lowest BCUT2D eigenvalue weighted by Crippen LogP contribution is -2.41. The van der Waals surface area contributed by atoms with Crippen LogP contribution in [-0.4, -0.2) is 46.2 Å². The number of aromatic nitrogens is 2. The number of amides is 1. The number of imidazole rings is 1. The third-order valence-corrected chi connectivity index (χ3v) is 8.26. The predicted octanol–water partition coefficient (Wildman–Crippen LogP) is 4.08. The smallest absolute Gasteiger partial charge is 0.228 e. The Morgan fingerprint density at radius 2 is 2.13 bits per heavy atom. The second-order valence-corrected chi connectivity index (χ2v) is 10.1. The van der Waals surface area contributed by atoms with Crippen LogP contribution >= 0.6 is 28.1 Å². The first-order valence-corrected chi connectivity index (χ1v) is 11.6. The first kappa shape index (κ1) is 20.4. The first-order valence-electron chi connectivity index (χ1n) is 10.4. The van der Waals surface area contributed by atoms with Crippen LogP contribution in [0.2, 0.25) is 0 Å². The number of rotatable bonds is 4. The summed E-state index contributed by atoms with van der Waals surface area (Å²) >= 11 is 9.18. The molecule has 1 saturated carbocycles. The number of carbonyl (C=O) groups is 1. The molecule has 1 aliphatic carbocycles. The van der Waals surface area contributed by atoms with Gasteiger partial charge >= 0.3 is 0 Å². The van der Waals surface area contributed by atoms with Crippen molar-refractivity contribution in [1.82, 2.24) is 14.0 Å². The highest BCUT2D eigenvalue weighted by Gasteiger charge is 2.63. The summed E-state index contributed by atoms with van der Waals surface area (Å²) in [6.07, 6.45) is 2.98. The quantitative estimate of drug-likeness (QED) is 0.602. The van der Waals surface area contributed by atoms with Gasteiger partial charge in [-0.1, -0.05) is 15.9 Å². The van der Waals surface area contributed by atoms with Crippen molar-refractivity contribution >= 4 is 34.1 Å². The molecule has 2 atom stereocenters. The molecule has 1 aromatic heterocycles. The van der Waals surface area contributed by atoms with Gasteiger partial charge in [0.25, 0.3) is 0 Å². The summed E-state index contributed by atoms with van der Waals surface area (Å²) in [5.41, 5.74) is 2.61. The van der Waals surface area contributed by atoms with E-state index in [0.29, 0.717) is 31.0 Å². The van der Waals surface area contributed by atoms with E-state index in [4.69, 9.17) is 17.0 Å². The number of ether oxygens (including phenoxy) is 1. The number of hydrogen-bond donors (Lipinski definition) is 0. The molecule has 0 N–H and O–H groups in total. The Bertz CT molecular complexity index is 1090. The number of halogens is 2. The van der Waals surface area contributed by atoms with Gasteiger partial charge in [-0.2, -0.15) is 0 Å². The molecule has 160 valence electrons. The molecule has 3 aliphatic rings. The summed E-state index contributed by atoms with van der Waals surface area (Å²) in [6, 6.07) is 5.38. The third kappa shape index (κ3) is 3.02. The van der Waals surface area contributed by atoms with E-state index in [2.05, 4.69) is 20.5 Å². The molecule has 2 aliphatic heterocycles. The lowest BCUT2D eigenvalue weighted by atomic mass is 9.93. The van der Waals surface area contributed by atoms with E-state index in [0.717, 1.165) is 40.7 Å². The summed E-state index contributed by atoms with van der Waals surface area (Å²) in [5, 5.41) is 0.